The van der Waals surface area contributed by atoms with Gasteiger partial charge in [-0.25, -0.2) is 0 Å². The van der Waals surface area contributed by atoms with Crippen LogP contribution in [0.25, 0.3) is 21.7 Å². The van der Waals surface area contributed by atoms with Crippen molar-refractivity contribution in [2.45, 2.75) is 12.5 Å². The van der Waals surface area contributed by atoms with Crippen LogP contribution in [0.1, 0.15) is 23.8 Å². The minimum Gasteiger partial charge on any atom is -0.452 e. The van der Waals surface area contributed by atoms with Gasteiger partial charge in [-0.2, -0.15) is 0 Å². The van der Waals surface area contributed by atoms with E-state index in [1.54, 1.807) is 0 Å². The van der Waals surface area contributed by atoms with Gasteiger partial charge in [0, 0.05) is 11.4 Å². The van der Waals surface area contributed by atoms with Crippen molar-refractivity contribution in [3.63, 3.8) is 0 Å². The van der Waals surface area contributed by atoms with Gasteiger partial charge in [0.2, 0.25) is 0 Å². The molecule has 0 saturated carbocycles. The Morgan fingerprint density at radius 3 is 2.65 bits per heavy atom. The lowest BCUT2D eigenvalue weighted by Gasteiger charge is -2.07. The van der Waals surface area contributed by atoms with Crippen LogP contribution in [0.3, 0.4) is 0 Å². The summed E-state index contributed by atoms with van der Waals surface area (Å²) in [6.45, 7) is 0. The van der Waals surface area contributed by atoms with Crippen molar-refractivity contribution in [1.29, 1.82) is 0 Å². The highest BCUT2D eigenvalue weighted by atomic mass is 35.5. The summed E-state index contributed by atoms with van der Waals surface area (Å²) in [5, 5.41) is 8.06. The smallest absolute Gasteiger partial charge is 0.176 e. The maximum atomic E-state index is 6.44. The van der Waals surface area contributed by atoms with Crippen LogP contribution in [0.15, 0.2) is 70.2 Å². The van der Waals surface area contributed by atoms with Crippen molar-refractivity contribution in [2.24, 2.45) is 5.16 Å². The SMILES string of the molecule is Nc1c(C2=NOC(c3ccc(Cl)cc3)C2)oc2ccc3ccccc3c12. The lowest BCUT2D eigenvalue weighted by Crippen LogP contribution is -2.02. The normalized spacial score (nSPS) is 16.8. The summed E-state index contributed by atoms with van der Waals surface area (Å²) in [6, 6.07) is 19.7. The minimum absolute atomic E-state index is 0.161. The number of benzene rings is 3. The molecular formula is C21H15ClN2O2. The first-order valence-electron chi connectivity index (χ1n) is 8.39. The van der Waals surface area contributed by atoms with Crippen LogP contribution in [0.4, 0.5) is 5.69 Å². The van der Waals surface area contributed by atoms with E-state index in [4.69, 9.17) is 26.6 Å². The van der Waals surface area contributed by atoms with Gasteiger partial charge in [0.1, 0.15) is 11.3 Å². The summed E-state index contributed by atoms with van der Waals surface area (Å²) in [5.74, 6) is 0.591. The van der Waals surface area contributed by atoms with E-state index in [2.05, 4.69) is 17.3 Å². The van der Waals surface area contributed by atoms with Gasteiger partial charge in [-0.15, -0.1) is 0 Å². The molecule has 4 nitrogen and oxygen atoms in total. The van der Waals surface area contributed by atoms with E-state index in [1.165, 1.54) is 0 Å². The van der Waals surface area contributed by atoms with Gasteiger partial charge in [0.05, 0.1) is 11.1 Å². The van der Waals surface area contributed by atoms with E-state index in [9.17, 15) is 0 Å². The van der Waals surface area contributed by atoms with Crippen molar-refractivity contribution in [2.75, 3.05) is 5.73 Å². The third-order valence-electron chi connectivity index (χ3n) is 4.79. The van der Waals surface area contributed by atoms with Gasteiger partial charge < -0.3 is 15.0 Å². The molecule has 3 aromatic carbocycles. The third kappa shape index (κ3) is 2.34. The van der Waals surface area contributed by atoms with Crippen molar-refractivity contribution >= 4 is 44.7 Å². The molecule has 128 valence electrons. The summed E-state index contributed by atoms with van der Waals surface area (Å²) in [7, 11) is 0. The molecule has 5 rings (SSSR count). The fraction of sp³-hybridized carbons (Fsp3) is 0.0952. The zero-order valence-corrected chi connectivity index (χ0v) is 14.5. The zero-order chi connectivity index (χ0) is 17.7. The average Bonchev–Trinajstić information content (AvgIpc) is 3.27. The monoisotopic (exact) mass is 362 g/mol. The van der Waals surface area contributed by atoms with Crippen LogP contribution in [0, 0.1) is 0 Å². The molecule has 1 aliphatic rings. The van der Waals surface area contributed by atoms with Crippen LogP contribution >= 0.6 is 11.6 Å². The minimum atomic E-state index is -0.161. The second kappa shape index (κ2) is 5.78. The van der Waals surface area contributed by atoms with Crippen LogP contribution in [0.2, 0.25) is 5.02 Å². The van der Waals surface area contributed by atoms with E-state index in [-0.39, 0.29) is 6.10 Å². The van der Waals surface area contributed by atoms with Crippen LogP contribution in [-0.4, -0.2) is 5.71 Å². The van der Waals surface area contributed by atoms with E-state index in [0.29, 0.717) is 22.9 Å². The summed E-state index contributed by atoms with van der Waals surface area (Å²) in [5.41, 5.74) is 9.55. The van der Waals surface area contributed by atoms with Crippen LogP contribution < -0.4 is 5.73 Å². The molecule has 0 saturated heterocycles. The van der Waals surface area contributed by atoms with E-state index in [0.717, 1.165) is 33.0 Å². The predicted molar refractivity (Wildman–Crippen MR) is 105 cm³/mol. The molecule has 4 aromatic rings. The van der Waals surface area contributed by atoms with Crippen molar-refractivity contribution in [3.05, 3.63) is 77.0 Å². The Balaban J connectivity index is 1.54. The number of furan rings is 1. The molecule has 0 aliphatic carbocycles. The number of hydrogen-bond acceptors (Lipinski definition) is 4. The number of nitrogen functional groups attached to an aromatic ring is 1. The number of nitrogens with zero attached hydrogens (tertiary/aromatic N) is 1. The third-order valence-corrected chi connectivity index (χ3v) is 5.04. The molecule has 5 heteroatoms. The van der Waals surface area contributed by atoms with E-state index >= 15 is 0 Å². The number of anilines is 1. The Labute approximate surface area is 154 Å². The Bertz CT molecular complexity index is 1160. The fourth-order valence-electron chi connectivity index (χ4n) is 3.47. The molecule has 1 aromatic heterocycles. The highest BCUT2D eigenvalue weighted by Gasteiger charge is 2.28. The molecule has 2 N–H and O–H groups in total. The predicted octanol–water partition coefficient (Wildman–Crippen LogP) is 5.69. The Morgan fingerprint density at radius 2 is 1.81 bits per heavy atom. The van der Waals surface area contributed by atoms with E-state index in [1.807, 2.05) is 48.5 Å². The van der Waals surface area contributed by atoms with Gasteiger partial charge >= 0.3 is 0 Å². The van der Waals surface area contributed by atoms with Gasteiger partial charge in [0.25, 0.3) is 0 Å². The lowest BCUT2D eigenvalue weighted by molar-refractivity contribution is 0.0857. The van der Waals surface area contributed by atoms with Gasteiger partial charge in [-0.05, 0) is 34.5 Å². The molecule has 1 atom stereocenters. The Morgan fingerprint density at radius 1 is 1.00 bits per heavy atom. The molecule has 0 spiro atoms. The molecule has 26 heavy (non-hydrogen) atoms. The average molecular weight is 363 g/mol. The molecule has 1 aliphatic heterocycles. The fourth-order valence-corrected chi connectivity index (χ4v) is 3.60. The number of halogens is 1. The topological polar surface area (TPSA) is 60.8 Å². The Kier molecular flexibility index (Phi) is 3.40. The number of oxime groups is 1. The Hall–Kier alpha value is -2.98. The van der Waals surface area contributed by atoms with Gasteiger partial charge in [-0.1, -0.05) is 59.2 Å². The first-order valence-corrected chi connectivity index (χ1v) is 8.77. The van der Waals surface area contributed by atoms with Crippen molar-refractivity contribution < 1.29 is 9.25 Å². The molecule has 0 fully saturated rings. The van der Waals surface area contributed by atoms with Crippen molar-refractivity contribution in [1.82, 2.24) is 0 Å². The lowest BCUT2D eigenvalue weighted by atomic mass is 10.0. The zero-order valence-electron chi connectivity index (χ0n) is 13.8. The molecule has 2 heterocycles. The first-order chi connectivity index (χ1) is 12.7. The van der Waals surface area contributed by atoms with Crippen molar-refractivity contribution in [3.8, 4) is 0 Å². The summed E-state index contributed by atoms with van der Waals surface area (Å²) in [6.07, 6.45) is 0.440. The van der Waals surface area contributed by atoms with Gasteiger partial charge in [-0.3, -0.25) is 0 Å². The number of hydrogen-bond donors (Lipinski definition) is 1. The quantitative estimate of drug-likeness (QED) is 0.498. The highest BCUT2D eigenvalue weighted by molar-refractivity contribution is 6.30. The molecule has 1 unspecified atom stereocenters. The number of nitrogens with two attached hydrogens (primary N) is 1. The van der Waals surface area contributed by atoms with Crippen LogP contribution in [0.5, 0.6) is 0 Å². The highest BCUT2D eigenvalue weighted by Crippen LogP contribution is 2.38. The number of fused-ring (bicyclic) bond motifs is 3. The maximum Gasteiger partial charge on any atom is 0.176 e. The second-order valence-corrected chi connectivity index (χ2v) is 6.83. The second-order valence-electron chi connectivity index (χ2n) is 6.39. The maximum absolute atomic E-state index is 6.44. The van der Waals surface area contributed by atoms with E-state index < -0.39 is 0 Å². The summed E-state index contributed by atoms with van der Waals surface area (Å²) >= 11 is 5.96. The van der Waals surface area contributed by atoms with Crippen LogP contribution in [-0.2, 0) is 4.84 Å². The summed E-state index contributed by atoms with van der Waals surface area (Å²) in [4.78, 5) is 5.61. The molecule has 0 radical (unpaired) electrons. The molecular weight excluding hydrogens is 348 g/mol. The standard InChI is InChI=1S/C21H15ClN2O2/c22-14-8-5-13(6-9-14)18-11-16(24-26-18)21-20(23)19-15-4-2-1-3-12(15)7-10-17(19)25-21/h1-10,18H,11,23H2. The number of rotatable bonds is 2. The molecule has 0 bridgehead atoms. The molecule has 0 amide bonds. The van der Waals surface area contributed by atoms with Gasteiger partial charge in [0.15, 0.2) is 11.9 Å². The first kappa shape index (κ1) is 15.3. The largest absolute Gasteiger partial charge is 0.452 e. The summed E-state index contributed by atoms with van der Waals surface area (Å²) < 4.78 is 6.04.